The minimum atomic E-state index is -0.454. The number of imide groups is 1. The summed E-state index contributed by atoms with van der Waals surface area (Å²) in [5.74, 6) is -1.12. The van der Waals surface area contributed by atoms with Crippen molar-refractivity contribution in [2.75, 3.05) is 4.90 Å². The molecule has 7 nitrogen and oxygen atoms in total. The number of carbonyl (C=O) groups is 2. The summed E-state index contributed by atoms with van der Waals surface area (Å²) in [6.45, 7) is 2.04. The van der Waals surface area contributed by atoms with Crippen molar-refractivity contribution < 1.29 is 19.2 Å². The standard InChI is InChI=1S/C19H16N2O5/c1-9-8-14-15-16(17(9)26-14)19(23)20(18(15)22)12-6-7-13(21(24)25)11-5-3-2-4-10(11)12/h2-7,9,14-17H,8H2,1H3/t9-,14?,15+,16+,17?/m1/s1. The first-order valence-electron chi connectivity index (χ1n) is 8.68. The lowest BCUT2D eigenvalue weighted by Gasteiger charge is -2.21. The Morgan fingerprint density at radius 3 is 2.50 bits per heavy atom. The van der Waals surface area contributed by atoms with Crippen LogP contribution in [0.4, 0.5) is 11.4 Å². The molecule has 0 aromatic heterocycles. The molecule has 0 N–H and O–H groups in total. The molecule has 7 heteroatoms. The molecule has 2 aromatic rings. The van der Waals surface area contributed by atoms with Gasteiger partial charge in [-0.25, -0.2) is 4.90 Å². The average Bonchev–Trinajstić information content (AvgIpc) is 3.25. The lowest BCUT2D eigenvalue weighted by molar-refractivity contribution is -0.383. The van der Waals surface area contributed by atoms with E-state index in [-0.39, 0.29) is 35.6 Å². The van der Waals surface area contributed by atoms with Crippen LogP contribution in [0.1, 0.15) is 13.3 Å². The molecule has 3 heterocycles. The number of non-ortho nitro benzene ring substituents is 1. The summed E-state index contributed by atoms with van der Waals surface area (Å²) in [6, 6.07) is 9.66. The third kappa shape index (κ3) is 1.81. The van der Waals surface area contributed by atoms with Gasteiger partial charge in [-0.2, -0.15) is 0 Å². The zero-order chi connectivity index (χ0) is 18.2. The molecule has 5 rings (SSSR count). The molecule has 0 radical (unpaired) electrons. The topological polar surface area (TPSA) is 89.8 Å². The number of fused-ring (bicyclic) bond motifs is 6. The number of hydrogen-bond donors (Lipinski definition) is 0. The van der Waals surface area contributed by atoms with E-state index < -0.39 is 16.8 Å². The van der Waals surface area contributed by atoms with Crippen LogP contribution in [0.3, 0.4) is 0 Å². The second kappa shape index (κ2) is 5.11. The number of carbonyl (C=O) groups excluding carboxylic acids is 2. The molecule has 3 aliphatic rings. The molecule has 132 valence electrons. The number of nitro groups is 1. The summed E-state index contributed by atoms with van der Waals surface area (Å²) in [7, 11) is 0. The van der Waals surface area contributed by atoms with E-state index in [4.69, 9.17) is 4.74 Å². The van der Waals surface area contributed by atoms with Gasteiger partial charge in [-0.15, -0.1) is 0 Å². The van der Waals surface area contributed by atoms with Gasteiger partial charge in [0.05, 0.1) is 40.0 Å². The van der Waals surface area contributed by atoms with E-state index in [2.05, 4.69) is 0 Å². The van der Waals surface area contributed by atoms with Crippen LogP contribution in [-0.4, -0.2) is 28.9 Å². The number of benzene rings is 2. The highest BCUT2D eigenvalue weighted by molar-refractivity contribution is 6.26. The number of rotatable bonds is 2. The summed E-state index contributed by atoms with van der Waals surface area (Å²) >= 11 is 0. The summed E-state index contributed by atoms with van der Waals surface area (Å²) in [5.41, 5.74) is 0.378. The van der Waals surface area contributed by atoms with Crippen molar-refractivity contribution in [1.29, 1.82) is 0 Å². The van der Waals surface area contributed by atoms with Crippen LogP contribution in [0.2, 0.25) is 0 Å². The van der Waals surface area contributed by atoms with Gasteiger partial charge in [0.15, 0.2) is 0 Å². The first-order chi connectivity index (χ1) is 12.5. The molecular weight excluding hydrogens is 336 g/mol. The number of nitro benzene ring substituents is 1. The van der Waals surface area contributed by atoms with Crippen LogP contribution in [-0.2, 0) is 14.3 Å². The third-order valence-electron chi connectivity index (χ3n) is 5.96. The van der Waals surface area contributed by atoms with Crippen molar-refractivity contribution in [1.82, 2.24) is 0 Å². The summed E-state index contributed by atoms with van der Waals surface area (Å²) in [6.07, 6.45) is 0.376. The molecule has 3 aliphatic heterocycles. The van der Waals surface area contributed by atoms with Gasteiger partial charge in [0, 0.05) is 11.5 Å². The second-order valence-corrected chi connectivity index (χ2v) is 7.32. The Hall–Kier alpha value is -2.80. The normalized spacial score (nSPS) is 32.5. The molecule has 2 amide bonds. The fourth-order valence-electron chi connectivity index (χ4n) is 4.87. The molecule has 3 saturated heterocycles. The molecule has 0 spiro atoms. The molecule has 3 fully saturated rings. The maximum absolute atomic E-state index is 13.1. The molecule has 0 saturated carbocycles. The Bertz CT molecular complexity index is 987. The van der Waals surface area contributed by atoms with Crippen LogP contribution in [0, 0.1) is 27.9 Å². The predicted octanol–water partition coefficient (Wildman–Crippen LogP) is 2.66. The predicted molar refractivity (Wildman–Crippen MR) is 92.5 cm³/mol. The van der Waals surface area contributed by atoms with Crippen molar-refractivity contribution >= 4 is 34.0 Å². The molecule has 0 aliphatic carbocycles. The zero-order valence-electron chi connectivity index (χ0n) is 14.0. The number of amides is 2. The Balaban J connectivity index is 1.66. The van der Waals surface area contributed by atoms with Gasteiger partial charge < -0.3 is 4.74 Å². The van der Waals surface area contributed by atoms with Crippen LogP contribution < -0.4 is 4.90 Å². The van der Waals surface area contributed by atoms with E-state index in [1.807, 2.05) is 6.92 Å². The molecule has 2 unspecified atom stereocenters. The van der Waals surface area contributed by atoms with Crippen molar-refractivity contribution in [2.45, 2.75) is 25.6 Å². The maximum atomic E-state index is 13.1. The number of hydrogen-bond acceptors (Lipinski definition) is 5. The van der Waals surface area contributed by atoms with E-state index >= 15 is 0 Å². The minimum Gasteiger partial charge on any atom is -0.373 e. The summed E-state index contributed by atoms with van der Waals surface area (Å²) in [5, 5.41) is 12.3. The zero-order valence-corrected chi connectivity index (χ0v) is 14.0. The van der Waals surface area contributed by atoms with E-state index in [9.17, 15) is 19.7 Å². The van der Waals surface area contributed by atoms with Crippen LogP contribution >= 0.6 is 0 Å². The van der Waals surface area contributed by atoms with Crippen molar-refractivity contribution in [2.24, 2.45) is 17.8 Å². The largest absolute Gasteiger partial charge is 0.373 e. The Labute approximate surface area is 148 Å². The first-order valence-corrected chi connectivity index (χ1v) is 8.68. The quantitative estimate of drug-likeness (QED) is 0.471. The highest BCUT2D eigenvalue weighted by Crippen LogP contribution is 2.52. The number of ether oxygens (including phenoxy) is 1. The van der Waals surface area contributed by atoms with Crippen molar-refractivity contribution in [3.8, 4) is 0 Å². The Morgan fingerprint density at radius 1 is 1.08 bits per heavy atom. The van der Waals surface area contributed by atoms with Gasteiger partial charge in [-0.3, -0.25) is 19.7 Å². The lowest BCUT2D eigenvalue weighted by Crippen LogP contribution is -2.35. The second-order valence-electron chi connectivity index (χ2n) is 7.32. The van der Waals surface area contributed by atoms with Crippen molar-refractivity contribution in [3.05, 3.63) is 46.5 Å². The van der Waals surface area contributed by atoms with E-state index in [1.165, 1.54) is 17.0 Å². The smallest absolute Gasteiger partial charge is 0.277 e. The SMILES string of the molecule is C[C@@H]1CC2OC1[C@H]1C(=O)N(c3ccc([N+](=O)[O-])c4ccccc34)C(=O)[C@@H]21. The van der Waals surface area contributed by atoms with Gasteiger partial charge in [-0.05, 0) is 24.5 Å². The molecular formula is C19H16N2O5. The Morgan fingerprint density at radius 2 is 1.77 bits per heavy atom. The van der Waals surface area contributed by atoms with Gasteiger partial charge in [-0.1, -0.05) is 25.1 Å². The van der Waals surface area contributed by atoms with E-state index in [0.29, 0.717) is 16.5 Å². The first kappa shape index (κ1) is 15.5. The Kier molecular flexibility index (Phi) is 3.04. The van der Waals surface area contributed by atoms with Crippen LogP contribution in [0.15, 0.2) is 36.4 Å². The highest BCUT2D eigenvalue weighted by atomic mass is 16.6. The molecule has 2 aromatic carbocycles. The number of anilines is 1. The maximum Gasteiger partial charge on any atom is 0.277 e. The number of nitrogens with zero attached hydrogens (tertiary/aromatic N) is 2. The van der Waals surface area contributed by atoms with E-state index in [0.717, 1.165) is 6.42 Å². The van der Waals surface area contributed by atoms with Gasteiger partial charge in [0.2, 0.25) is 11.8 Å². The average molecular weight is 352 g/mol. The fourth-order valence-corrected chi connectivity index (χ4v) is 4.87. The van der Waals surface area contributed by atoms with E-state index in [1.54, 1.807) is 24.3 Å². The van der Waals surface area contributed by atoms with Crippen LogP contribution in [0.25, 0.3) is 10.8 Å². The highest BCUT2D eigenvalue weighted by Gasteiger charge is 2.64. The monoisotopic (exact) mass is 352 g/mol. The van der Waals surface area contributed by atoms with Crippen LogP contribution in [0.5, 0.6) is 0 Å². The van der Waals surface area contributed by atoms with Crippen molar-refractivity contribution in [3.63, 3.8) is 0 Å². The fraction of sp³-hybridized carbons (Fsp3) is 0.368. The summed E-state index contributed by atoms with van der Waals surface area (Å²) in [4.78, 5) is 38.2. The molecule has 2 bridgehead atoms. The minimum absolute atomic E-state index is 0.0411. The van der Waals surface area contributed by atoms with Gasteiger partial charge in [0.1, 0.15) is 0 Å². The summed E-state index contributed by atoms with van der Waals surface area (Å²) < 4.78 is 5.86. The lowest BCUT2D eigenvalue weighted by atomic mass is 9.76. The molecule has 5 atom stereocenters. The third-order valence-corrected chi connectivity index (χ3v) is 5.96. The van der Waals surface area contributed by atoms with Gasteiger partial charge >= 0.3 is 0 Å². The molecule has 26 heavy (non-hydrogen) atoms. The van der Waals surface area contributed by atoms with Gasteiger partial charge in [0.25, 0.3) is 5.69 Å².